The summed E-state index contributed by atoms with van der Waals surface area (Å²) < 4.78 is 1.44. The van der Waals surface area contributed by atoms with Gasteiger partial charge in [0.15, 0.2) is 5.65 Å². The topological polar surface area (TPSA) is 86.9 Å². The number of hydrogen-bond acceptors (Lipinski definition) is 5. The fourth-order valence-corrected chi connectivity index (χ4v) is 4.45. The van der Waals surface area contributed by atoms with Crippen molar-refractivity contribution in [3.8, 4) is 0 Å². The van der Waals surface area contributed by atoms with E-state index in [-0.39, 0.29) is 23.6 Å². The van der Waals surface area contributed by atoms with E-state index in [4.69, 9.17) is 4.98 Å². The lowest BCUT2D eigenvalue weighted by molar-refractivity contribution is 0.0931. The molecule has 0 unspecified atom stereocenters. The Labute approximate surface area is 178 Å². The van der Waals surface area contributed by atoms with Gasteiger partial charge in [-0.3, -0.25) is 18.9 Å². The molecule has 0 bridgehead atoms. The third-order valence-corrected chi connectivity index (χ3v) is 5.94. The number of β-amino-alcohol motifs (C(OH)–C–C–N with tert-alkyl or cyclic N) is 1. The molecule has 5 rings (SSSR count). The summed E-state index contributed by atoms with van der Waals surface area (Å²) in [5.41, 5.74) is 1.11. The van der Waals surface area contributed by atoms with Gasteiger partial charge in [0, 0.05) is 37.3 Å². The van der Waals surface area contributed by atoms with Crippen molar-refractivity contribution in [1.29, 1.82) is 0 Å². The van der Waals surface area contributed by atoms with Crippen molar-refractivity contribution in [2.75, 3.05) is 19.6 Å². The third kappa shape index (κ3) is 3.56. The largest absolute Gasteiger partial charge is 0.392 e. The van der Waals surface area contributed by atoms with E-state index >= 15 is 0 Å². The smallest absolute Gasteiger partial charge is 0.265 e. The van der Waals surface area contributed by atoms with E-state index in [0.717, 1.165) is 23.7 Å². The zero-order chi connectivity index (χ0) is 21.5. The molecule has 1 fully saturated rings. The van der Waals surface area contributed by atoms with Crippen molar-refractivity contribution in [3.63, 3.8) is 0 Å². The van der Waals surface area contributed by atoms with Crippen LogP contribution in [-0.4, -0.2) is 57.1 Å². The van der Waals surface area contributed by atoms with E-state index in [9.17, 15) is 14.7 Å². The monoisotopic (exact) mass is 416 g/mol. The van der Waals surface area contributed by atoms with Gasteiger partial charge in [0.25, 0.3) is 11.5 Å². The zero-order valence-corrected chi connectivity index (χ0v) is 17.3. The lowest BCUT2D eigenvalue weighted by Crippen LogP contribution is -2.41. The molecule has 0 spiro atoms. The Morgan fingerprint density at radius 3 is 2.84 bits per heavy atom. The number of carbonyl (C=O) groups excluding carboxylic acids is 1. The van der Waals surface area contributed by atoms with E-state index in [1.165, 1.54) is 4.40 Å². The fourth-order valence-electron chi connectivity index (χ4n) is 4.45. The first-order valence-electron chi connectivity index (χ1n) is 10.6. The minimum atomic E-state index is -0.292. The second-order valence-electron chi connectivity index (χ2n) is 8.29. The first-order valence-corrected chi connectivity index (χ1v) is 10.6. The second kappa shape index (κ2) is 7.76. The average molecular weight is 416 g/mol. The van der Waals surface area contributed by atoms with Gasteiger partial charge in [-0.2, -0.15) is 0 Å². The van der Waals surface area contributed by atoms with Gasteiger partial charge in [0.1, 0.15) is 0 Å². The van der Waals surface area contributed by atoms with Crippen molar-refractivity contribution in [3.05, 3.63) is 70.6 Å². The van der Waals surface area contributed by atoms with E-state index in [2.05, 4.69) is 10.2 Å². The number of benzene rings is 2. The lowest BCUT2D eigenvalue weighted by Gasteiger charge is -2.21. The number of aromatic nitrogens is 2. The highest BCUT2D eigenvalue weighted by Crippen LogP contribution is 2.23. The van der Waals surface area contributed by atoms with Crippen molar-refractivity contribution in [1.82, 2.24) is 19.6 Å². The summed E-state index contributed by atoms with van der Waals surface area (Å²) in [5.74, 6) is -0.267. The molecule has 7 nitrogen and oxygen atoms in total. The fraction of sp³-hybridized carbons (Fsp3) is 0.292. The van der Waals surface area contributed by atoms with Crippen LogP contribution in [0.25, 0.3) is 27.3 Å². The number of aliphatic hydroxyl groups is 1. The number of likely N-dealkylation sites (tertiary alicyclic amines) is 1. The summed E-state index contributed by atoms with van der Waals surface area (Å²) in [6, 6.07) is 14.8. The normalized spacial score (nSPS) is 18.1. The molecule has 7 heteroatoms. The highest BCUT2D eigenvalue weighted by atomic mass is 16.3. The quantitative estimate of drug-likeness (QED) is 0.393. The molecule has 0 saturated carbocycles. The second-order valence-corrected chi connectivity index (χ2v) is 8.29. The van der Waals surface area contributed by atoms with Gasteiger partial charge >= 0.3 is 0 Å². The molecule has 1 aliphatic rings. The molecule has 1 aliphatic heterocycles. The summed E-state index contributed by atoms with van der Waals surface area (Å²) in [5, 5.41) is 15.1. The Hall–Kier alpha value is -3.29. The molecule has 2 N–H and O–H groups in total. The lowest BCUT2D eigenvalue weighted by atomic mass is 10.1. The maximum Gasteiger partial charge on any atom is 0.265 e. The van der Waals surface area contributed by atoms with Gasteiger partial charge in [-0.1, -0.05) is 30.3 Å². The minimum absolute atomic E-state index is 0.105. The number of carbonyl (C=O) groups is 1. The summed E-state index contributed by atoms with van der Waals surface area (Å²) in [6.45, 7) is 4.06. The molecule has 0 aliphatic carbocycles. The van der Waals surface area contributed by atoms with Crippen LogP contribution in [0.1, 0.15) is 23.7 Å². The number of hydrogen-bond donors (Lipinski definition) is 2. The summed E-state index contributed by atoms with van der Waals surface area (Å²) in [7, 11) is 0. The average Bonchev–Trinajstić information content (AvgIpc) is 3.17. The standard InChI is InChI=1S/C24H24N4O3/c1-15(13-27-12-10-17(29)14-27)25-23(30)20-7-4-11-28-22(20)26-21-18-6-3-2-5-16(18)8-9-19(21)24(28)31/h2-9,11,15,17,29H,10,12-14H2,1H3,(H,25,30)/t15-,17-/m1/s1. The van der Waals surface area contributed by atoms with E-state index in [0.29, 0.717) is 35.2 Å². The first kappa shape index (κ1) is 19.7. The van der Waals surface area contributed by atoms with Crippen molar-refractivity contribution >= 4 is 33.2 Å². The Morgan fingerprint density at radius 2 is 2.03 bits per heavy atom. The number of nitrogens with one attached hydrogen (secondary N) is 1. The van der Waals surface area contributed by atoms with E-state index in [1.54, 1.807) is 24.4 Å². The van der Waals surface area contributed by atoms with Crippen molar-refractivity contribution in [2.45, 2.75) is 25.5 Å². The highest BCUT2D eigenvalue weighted by Gasteiger charge is 2.23. The van der Waals surface area contributed by atoms with Gasteiger partial charge in [-0.25, -0.2) is 4.98 Å². The predicted octanol–water partition coefficient (Wildman–Crippen LogP) is 2.19. The SMILES string of the molecule is C[C@H](CN1CC[C@@H](O)C1)NC(=O)c1cccn2c(=O)c3ccc4ccccc4c3nc12. The van der Waals surface area contributed by atoms with Crippen molar-refractivity contribution < 1.29 is 9.90 Å². The molecule has 3 heterocycles. The Balaban J connectivity index is 1.55. The van der Waals surface area contributed by atoms with Crippen LogP contribution in [0.15, 0.2) is 59.5 Å². The molecule has 4 aromatic rings. The molecule has 1 saturated heterocycles. The highest BCUT2D eigenvalue weighted by molar-refractivity contribution is 6.07. The van der Waals surface area contributed by atoms with Crippen LogP contribution in [0.5, 0.6) is 0 Å². The maximum absolute atomic E-state index is 13.2. The summed E-state index contributed by atoms with van der Waals surface area (Å²) >= 11 is 0. The molecule has 158 valence electrons. The number of rotatable bonds is 4. The third-order valence-electron chi connectivity index (χ3n) is 5.94. The van der Waals surface area contributed by atoms with E-state index in [1.807, 2.05) is 37.3 Å². The Kier molecular flexibility index (Phi) is 4.92. The van der Waals surface area contributed by atoms with Gasteiger partial charge in [0.05, 0.1) is 22.6 Å². The maximum atomic E-state index is 13.2. The summed E-state index contributed by atoms with van der Waals surface area (Å²) in [6.07, 6.45) is 2.11. The molecule has 2 aromatic heterocycles. The van der Waals surface area contributed by atoms with Crippen LogP contribution in [0.4, 0.5) is 0 Å². The van der Waals surface area contributed by atoms with Gasteiger partial charge in [-0.05, 0) is 36.9 Å². The predicted molar refractivity (Wildman–Crippen MR) is 120 cm³/mol. The molecule has 2 aromatic carbocycles. The Morgan fingerprint density at radius 1 is 1.19 bits per heavy atom. The molecular formula is C24H24N4O3. The van der Waals surface area contributed by atoms with Crippen LogP contribution in [0, 0.1) is 0 Å². The number of amides is 1. The van der Waals surface area contributed by atoms with Gasteiger partial charge in [-0.15, -0.1) is 0 Å². The Bertz CT molecular complexity index is 1360. The van der Waals surface area contributed by atoms with Crippen LogP contribution < -0.4 is 10.9 Å². The van der Waals surface area contributed by atoms with Gasteiger partial charge < -0.3 is 10.4 Å². The number of fused-ring (bicyclic) bond motifs is 4. The van der Waals surface area contributed by atoms with Crippen molar-refractivity contribution in [2.24, 2.45) is 0 Å². The molecule has 1 amide bonds. The molecule has 2 atom stereocenters. The first-order chi connectivity index (χ1) is 15.0. The molecule has 31 heavy (non-hydrogen) atoms. The minimum Gasteiger partial charge on any atom is -0.392 e. The van der Waals surface area contributed by atoms with Gasteiger partial charge in [0.2, 0.25) is 0 Å². The molecule has 0 radical (unpaired) electrons. The zero-order valence-electron chi connectivity index (χ0n) is 17.3. The number of nitrogens with zero attached hydrogens (tertiary/aromatic N) is 3. The van der Waals surface area contributed by atoms with Crippen LogP contribution >= 0.6 is 0 Å². The number of pyridine rings is 1. The van der Waals surface area contributed by atoms with E-state index < -0.39 is 0 Å². The summed E-state index contributed by atoms with van der Waals surface area (Å²) in [4.78, 5) is 33.1. The van der Waals surface area contributed by atoms with Crippen LogP contribution in [0.3, 0.4) is 0 Å². The number of aliphatic hydroxyl groups excluding tert-OH is 1. The van der Waals surface area contributed by atoms with Crippen LogP contribution in [0.2, 0.25) is 0 Å². The van der Waals surface area contributed by atoms with Crippen LogP contribution in [-0.2, 0) is 0 Å². The molecular weight excluding hydrogens is 392 g/mol.